The van der Waals surface area contributed by atoms with Crippen LogP contribution >= 0.6 is 0 Å². The van der Waals surface area contributed by atoms with Gasteiger partial charge in [-0.2, -0.15) is 0 Å². The summed E-state index contributed by atoms with van der Waals surface area (Å²) in [6, 6.07) is 0. The number of aliphatic imine (C=N–C) groups is 2. The molecule has 0 radical (unpaired) electrons. The van der Waals surface area contributed by atoms with Crippen molar-refractivity contribution in [2.75, 3.05) is 0 Å². The Bertz CT molecular complexity index is 523. The fourth-order valence-electron chi connectivity index (χ4n) is 0.718. The molecule has 0 amide bonds. The number of hydrogen-bond acceptors (Lipinski definition) is 2. The maximum Gasteiger partial charge on any atom is 0.302 e. The Hall–Kier alpha value is -2.78. The number of amidine groups is 2. The van der Waals surface area contributed by atoms with Crippen LogP contribution in [0, 0.1) is 13.1 Å². The minimum absolute atomic E-state index is 0.161. The first kappa shape index (κ1) is 9.31. The first-order valence-corrected chi connectivity index (χ1v) is 3.24. The second-order valence-electron chi connectivity index (χ2n) is 2.02. The average Bonchev–Trinajstić information content (AvgIpc) is 2.63. The van der Waals surface area contributed by atoms with Crippen molar-refractivity contribution in [3.63, 3.8) is 0 Å². The molecule has 1 rings (SSSR count). The molecule has 14 heavy (non-hydrogen) atoms. The van der Waals surface area contributed by atoms with Crippen LogP contribution in [0.3, 0.4) is 0 Å². The van der Waals surface area contributed by atoms with E-state index in [1.54, 1.807) is 11.7 Å². The van der Waals surface area contributed by atoms with Gasteiger partial charge in [0.1, 0.15) is 5.70 Å². The van der Waals surface area contributed by atoms with Crippen LogP contribution in [0.5, 0.6) is 0 Å². The highest BCUT2D eigenvalue weighted by atomic mass is 15.1. The molecule has 0 unspecified atom stereocenters. The lowest BCUT2D eigenvalue weighted by Gasteiger charge is -1.86. The predicted molar refractivity (Wildman–Crippen MR) is 51.8 cm³/mol. The van der Waals surface area contributed by atoms with Crippen LogP contribution in [0.2, 0.25) is 0 Å². The minimum Gasteiger partial charge on any atom is -0.775 e. The standard InChI is InChI=1S/C8N6/c1-11-5(3-9)8-13-6(4-10)7(12-2)14-8/q-2. The van der Waals surface area contributed by atoms with Gasteiger partial charge in [-0.3, -0.25) is 11.7 Å². The Morgan fingerprint density at radius 3 is 2.36 bits per heavy atom. The maximum atomic E-state index is 8.52. The molecule has 0 saturated heterocycles. The summed E-state index contributed by atoms with van der Waals surface area (Å²) in [6.07, 6.45) is 0. The van der Waals surface area contributed by atoms with E-state index in [1.807, 2.05) is 0 Å². The molecule has 0 saturated carbocycles. The van der Waals surface area contributed by atoms with E-state index < -0.39 is 0 Å². The quantitative estimate of drug-likeness (QED) is 0.424. The number of rotatable bonds is 1. The molecule has 0 N–H and O–H groups in total. The molecule has 6 nitrogen and oxygen atoms in total. The van der Waals surface area contributed by atoms with E-state index in [4.69, 9.17) is 24.0 Å². The van der Waals surface area contributed by atoms with Gasteiger partial charge in [-0.05, 0) is 0 Å². The first-order chi connectivity index (χ1) is 6.76. The van der Waals surface area contributed by atoms with Gasteiger partial charge in [0.05, 0.1) is 6.57 Å². The summed E-state index contributed by atoms with van der Waals surface area (Å²) in [7, 11) is 0. The van der Waals surface area contributed by atoms with Gasteiger partial charge < -0.3 is 15.7 Å². The molecule has 0 aromatic carbocycles. The molecular formula is C8N6-2. The van der Waals surface area contributed by atoms with Gasteiger partial charge in [0.15, 0.2) is 0 Å². The van der Waals surface area contributed by atoms with Crippen molar-refractivity contribution in [2.24, 2.45) is 9.98 Å². The maximum absolute atomic E-state index is 8.52. The molecule has 0 aromatic heterocycles. The van der Waals surface area contributed by atoms with Crippen LogP contribution in [0.4, 0.5) is 0 Å². The highest BCUT2D eigenvalue weighted by Gasteiger charge is 2.20. The normalized spacial score (nSPS) is 12.9. The smallest absolute Gasteiger partial charge is 0.302 e. The van der Waals surface area contributed by atoms with Gasteiger partial charge in [-0.25, -0.2) is 9.84 Å². The monoisotopic (exact) mass is 180 g/mol. The van der Waals surface area contributed by atoms with Crippen LogP contribution in [-0.4, -0.2) is 23.4 Å². The van der Waals surface area contributed by atoms with Crippen molar-refractivity contribution in [2.45, 2.75) is 0 Å². The molecule has 0 spiro atoms. The largest absolute Gasteiger partial charge is 0.775 e. The molecule has 0 aromatic rings. The zero-order chi connectivity index (χ0) is 10.6. The molecule has 0 aliphatic carbocycles. The van der Waals surface area contributed by atoms with Crippen molar-refractivity contribution < 1.29 is 0 Å². The third kappa shape index (κ3) is 1.38. The molecule has 1 aliphatic rings. The summed E-state index contributed by atoms with van der Waals surface area (Å²) in [4.78, 5) is 13.0. The van der Waals surface area contributed by atoms with E-state index in [9.17, 15) is 0 Å². The fourth-order valence-corrected chi connectivity index (χ4v) is 0.718. The highest BCUT2D eigenvalue weighted by Crippen LogP contribution is 2.13. The Morgan fingerprint density at radius 2 is 2.00 bits per heavy atom. The number of hydrogen-bond donors (Lipinski definition) is 0. The van der Waals surface area contributed by atoms with Crippen LogP contribution in [0.15, 0.2) is 21.4 Å². The zero-order valence-corrected chi connectivity index (χ0v) is 6.68. The van der Waals surface area contributed by atoms with Crippen molar-refractivity contribution in [3.05, 3.63) is 45.0 Å². The zero-order valence-electron chi connectivity index (χ0n) is 6.68. The van der Waals surface area contributed by atoms with Crippen LogP contribution in [0.25, 0.3) is 20.5 Å². The van der Waals surface area contributed by atoms with Gasteiger partial charge in [0.2, 0.25) is 0 Å². The van der Waals surface area contributed by atoms with Crippen molar-refractivity contribution >= 4 is 23.4 Å². The molecule has 0 bridgehead atoms. The lowest BCUT2D eigenvalue weighted by molar-refractivity contribution is 1.53. The van der Waals surface area contributed by atoms with E-state index >= 15 is 0 Å². The van der Waals surface area contributed by atoms with Gasteiger partial charge in [-0.1, -0.05) is 6.57 Å². The average molecular weight is 180 g/mol. The Kier molecular flexibility index (Phi) is 2.49. The van der Waals surface area contributed by atoms with Gasteiger partial charge in [-0.15, -0.1) is 4.99 Å². The Labute approximate surface area is 79.3 Å². The third-order valence-electron chi connectivity index (χ3n) is 1.28. The number of nitrogens with zero attached hydrogens (tertiary/aromatic N) is 6. The van der Waals surface area contributed by atoms with Gasteiger partial charge in [0, 0.05) is 0 Å². The van der Waals surface area contributed by atoms with E-state index in [2.05, 4.69) is 19.7 Å². The molecule has 64 valence electrons. The fraction of sp³-hybridized carbons (Fsp3) is 0. The van der Waals surface area contributed by atoms with Crippen molar-refractivity contribution in [1.82, 2.24) is 0 Å². The topological polar surface area (TPSA) is 78.0 Å². The molecule has 1 heterocycles. The van der Waals surface area contributed by atoms with Crippen LogP contribution < -0.4 is 0 Å². The first-order valence-electron chi connectivity index (χ1n) is 3.24. The van der Waals surface area contributed by atoms with Crippen LogP contribution in [0.1, 0.15) is 0 Å². The Morgan fingerprint density at radius 1 is 1.29 bits per heavy atom. The minimum atomic E-state index is -0.323. The summed E-state index contributed by atoms with van der Waals surface area (Å²) in [5.41, 5.74) is -0.484. The Balaban J connectivity index is 3.30. The molecule has 6 heteroatoms. The molecule has 0 atom stereocenters. The highest BCUT2D eigenvalue weighted by molar-refractivity contribution is 6.25. The van der Waals surface area contributed by atoms with Crippen molar-refractivity contribution in [3.8, 4) is 0 Å². The molecular weight excluding hydrogens is 180 g/mol. The third-order valence-corrected chi connectivity index (χ3v) is 1.28. The van der Waals surface area contributed by atoms with E-state index in [0.717, 1.165) is 0 Å². The summed E-state index contributed by atoms with van der Waals surface area (Å²) in [5, 5.41) is 17.0. The molecule has 1 aliphatic heterocycles. The summed E-state index contributed by atoms with van der Waals surface area (Å²) in [6.45, 7) is 13.3. The van der Waals surface area contributed by atoms with E-state index in [0.29, 0.717) is 0 Å². The lowest BCUT2D eigenvalue weighted by atomic mass is 10.4. The summed E-state index contributed by atoms with van der Waals surface area (Å²) in [5.74, 6) is 2.90. The predicted octanol–water partition coefficient (Wildman–Crippen LogP) is 0.882. The van der Waals surface area contributed by atoms with E-state index in [1.165, 1.54) is 0 Å². The van der Waals surface area contributed by atoms with Gasteiger partial charge >= 0.3 is 5.84 Å². The molecule has 0 fully saturated rings. The van der Waals surface area contributed by atoms with Crippen LogP contribution in [-0.2, 0) is 0 Å². The second kappa shape index (κ2) is 3.75. The van der Waals surface area contributed by atoms with Crippen molar-refractivity contribution in [1.29, 1.82) is 0 Å². The van der Waals surface area contributed by atoms with E-state index in [-0.39, 0.29) is 23.1 Å². The summed E-state index contributed by atoms with van der Waals surface area (Å²) >= 11 is 0. The summed E-state index contributed by atoms with van der Waals surface area (Å²) < 4.78 is 0. The lowest BCUT2D eigenvalue weighted by Crippen LogP contribution is -1.92. The second-order valence-corrected chi connectivity index (χ2v) is 2.02. The van der Waals surface area contributed by atoms with Gasteiger partial charge in [0.25, 0.3) is 11.5 Å². The SMILES string of the molecule is [C-]#[N+]C(=C=[N-])C1=NC(=C=[N-])C([N+]#[C-])=N1.